The number of nitrogens with zero attached hydrogens (tertiary/aromatic N) is 3. The van der Waals surface area contributed by atoms with Crippen LogP contribution in [0.15, 0.2) is 22.9 Å². The van der Waals surface area contributed by atoms with E-state index in [1.165, 1.54) is 35.1 Å². The molecule has 0 amide bonds. The van der Waals surface area contributed by atoms with Crippen LogP contribution in [-0.4, -0.2) is 41.0 Å². The highest BCUT2D eigenvalue weighted by atomic mass is 32.1. The van der Waals surface area contributed by atoms with E-state index in [4.69, 9.17) is 4.98 Å². The van der Waals surface area contributed by atoms with Gasteiger partial charge in [-0.1, -0.05) is 13.0 Å². The molecule has 0 aromatic carbocycles. The molecule has 1 saturated heterocycles. The van der Waals surface area contributed by atoms with E-state index < -0.39 is 0 Å². The van der Waals surface area contributed by atoms with Crippen LogP contribution < -0.4 is 0 Å². The Morgan fingerprint density at radius 1 is 1.10 bits per heavy atom. The summed E-state index contributed by atoms with van der Waals surface area (Å²) in [6, 6.07) is 4.38. The number of aromatic nitrogens is 1. The average Bonchev–Trinajstić information content (AvgIpc) is 3.14. The van der Waals surface area contributed by atoms with Gasteiger partial charge in [0, 0.05) is 49.5 Å². The highest BCUT2D eigenvalue weighted by Crippen LogP contribution is 2.16. The Hall–Kier alpha value is -0.750. The van der Waals surface area contributed by atoms with Crippen LogP contribution in [0.3, 0.4) is 0 Å². The second-order valence-electron chi connectivity index (χ2n) is 5.61. The molecule has 114 valence electrons. The molecular weight excluding hydrogens is 298 g/mol. The normalized spacial score (nSPS) is 17.4. The van der Waals surface area contributed by atoms with Crippen LogP contribution in [0.1, 0.15) is 28.9 Å². The van der Waals surface area contributed by atoms with E-state index in [-0.39, 0.29) is 0 Å². The Bertz CT molecular complexity index is 527. The number of rotatable bonds is 6. The van der Waals surface area contributed by atoms with Gasteiger partial charge in [0.15, 0.2) is 0 Å². The molecule has 3 heterocycles. The number of hydrogen-bond donors (Lipinski definition) is 0. The number of thiazole rings is 1. The van der Waals surface area contributed by atoms with Crippen molar-refractivity contribution >= 4 is 22.7 Å². The maximum absolute atomic E-state index is 4.74. The number of piperazine rings is 1. The Labute approximate surface area is 135 Å². The third-order valence-electron chi connectivity index (χ3n) is 3.87. The summed E-state index contributed by atoms with van der Waals surface area (Å²) in [6.07, 6.45) is 2.31. The van der Waals surface area contributed by atoms with Gasteiger partial charge in [-0.05, 0) is 24.3 Å². The predicted octanol–water partition coefficient (Wildman–Crippen LogP) is 3.47. The molecular formula is C16H23N3S2. The molecule has 0 aliphatic carbocycles. The van der Waals surface area contributed by atoms with Crippen LogP contribution in [-0.2, 0) is 19.5 Å². The van der Waals surface area contributed by atoms with E-state index in [1.54, 1.807) is 0 Å². The molecule has 2 aromatic rings. The van der Waals surface area contributed by atoms with Crippen molar-refractivity contribution in [3.8, 4) is 0 Å². The lowest BCUT2D eigenvalue weighted by Crippen LogP contribution is -2.45. The van der Waals surface area contributed by atoms with Gasteiger partial charge in [-0.15, -0.1) is 22.7 Å². The van der Waals surface area contributed by atoms with E-state index in [2.05, 4.69) is 39.6 Å². The van der Waals surface area contributed by atoms with E-state index >= 15 is 0 Å². The maximum atomic E-state index is 4.74. The smallest absolute Gasteiger partial charge is 0.0928 e. The Morgan fingerprint density at radius 3 is 2.52 bits per heavy atom. The van der Waals surface area contributed by atoms with E-state index in [0.717, 1.165) is 32.6 Å². The topological polar surface area (TPSA) is 19.4 Å². The fourth-order valence-corrected chi connectivity index (χ4v) is 4.35. The minimum absolute atomic E-state index is 1.02. The van der Waals surface area contributed by atoms with Crippen molar-refractivity contribution in [1.82, 2.24) is 14.8 Å². The third kappa shape index (κ3) is 4.36. The van der Waals surface area contributed by atoms with Crippen molar-refractivity contribution in [2.75, 3.05) is 26.2 Å². The first-order valence-corrected chi connectivity index (χ1v) is 9.50. The van der Waals surface area contributed by atoms with E-state index in [9.17, 15) is 0 Å². The maximum Gasteiger partial charge on any atom is 0.0928 e. The Kier molecular flexibility index (Phi) is 5.41. The van der Waals surface area contributed by atoms with Crippen LogP contribution in [0.2, 0.25) is 0 Å². The predicted molar refractivity (Wildman–Crippen MR) is 91.0 cm³/mol. The molecule has 1 aliphatic heterocycles. The fourth-order valence-electron chi connectivity index (χ4n) is 2.71. The summed E-state index contributed by atoms with van der Waals surface area (Å²) in [6.45, 7) is 9.01. The molecule has 0 unspecified atom stereocenters. The van der Waals surface area contributed by atoms with Crippen LogP contribution >= 0.6 is 22.7 Å². The first-order valence-electron chi connectivity index (χ1n) is 7.74. The molecule has 1 fully saturated rings. The molecule has 0 radical (unpaired) electrons. The highest BCUT2D eigenvalue weighted by Gasteiger charge is 2.18. The molecule has 2 aromatic heterocycles. The molecule has 1 aliphatic rings. The first-order chi connectivity index (χ1) is 10.3. The zero-order valence-electron chi connectivity index (χ0n) is 12.6. The molecule has 0 spiro atoms. The van der Waals surface area contributed by atoms with Crippen molar-refractivity contribution in [2.45, 2.75) is 32.9 Å². The average molecular weight is 322 g/mol. The van der Waals surface area contributed by atoms with E-state index in [1.807, 2.05) is 22.7 Å². The van der Waals surface area contributed by atoms with E-state index in [0.29, 0.717) is 0 Å². The van der Waals surface area contributed by atoms with Crippen LogP contribution in [0, 0.1) is 0 Å². The Morgan fingerprint density at radius 2 is 1.86 bits per heavy atom. The molecule has 21 heavy (non-hydrogen) atoms. The lowest BCUT2D eigenvalue weighted by Gasteiger charge is -2.34. The molecule has 3 rings (SSSR count). The van der Waals surface area contributed by atoms with Crippen LogP contribution in [0.25, 0.3) is 0 Å². The molecule has 0 atom stereocenters. The summed E-state index contributed by atoms with van der Waals surface area (Å²) in [4.78, 5) is 11.3. The van der Waals surface area contributed by atoms with Gasteiger partial charge < -0.3 is 0 Å². The summed E-state index contributed by atoms with van der Waals surface area (Å²) in [7, 11) is 0. The van der Waals surface area contributed by atoms with Crippen LogP contribution in [0.5, 0.6) is 0 Å². The van der Waals surface area contributed by atoms with Gasteiger partial charge in [0.05, 0.1) is 10.7 Å². The lowest BCUT2D eigenvalue weighted by atomic mass is 10.3. The largest absolute Gasteiger partial charge is 0.296 e. The van der Waals surface area contributed by atoms with Gasteiger partial charge in [0.25, 0.3) is 0 Å². The summed E-state index contributed by atoms with van der Waals surface area (Å²) < 4.78 is 0. The van der Waals surface area contributed by atoms with Crippen molar-refractivity contribution in [3.05, 3.63) is 38.5 Å². The fraction of sp³-hybridized carbons (Fsp3) is 0.562. The summed E-state index contributed by atoms with van der Waals surface area (Å²) in [5.41, 5.74) is 1.26. The minimum atomic E-state index is 1.02. The van der Waals surface area contributed by atoms with Crippen molar-refractivity contribution in [2.24, 2.45) is 0 Å². The van der Waals surface area contributed by atoms with Crippen molar-refractivity contribution in [1.29, 1.82) is 0 Å². The van der Waals surface area contributed by atoms with Gasteiger partial charge in [-0.25, -0.2) is 4.98 Å². The van der Waals surface area contributed by atoms with Crippen LogP contribution in [0.4, 0.5) is 0 Å². The Balaban J connectivity index is 1.44. The zero-order chi connectivity index (χ0) is 14.5. The summed E-state index contributed by atoms with van der Waals surface area (Å²) in [5.74, 6) is 0. The quantitative estimate of drug-likeness (QED) is 0.812. The van der Waals surface area contributed by atoms with Gasteiger partial charge in [0.2, 0.25) is 0 Å². The number of thiophene rings is 1. The summed E-state index contributed by atoms with van der Waals surface area (Å²) >= 11 is 3.68. The highest BCUT2D eigenvalue weighted by molar-refractivity contribution is 7.10. The summed E-state index contributed by atoms with van der Waals surface area (Å²) in [5, 5.41) is 5.70. The first kappa shape index (κ1) is 15.2. The molecule has 0 saturated carbocycles. The van der Waals surface area contributed by atoms with Crippen molar-refractivity contribution < 1.29 is 0 Å². The van der Waals surface area contributed by atoms with Crippen molar-refractivity contribution in [3.63, 3.8) is 0 Å². The van der Waals surface area contributed by atoms with Gasteiger partial charge >= 0.3 is 0 Å². The third-order valence-corrected chi connectivity index (χ3v) is 5.69. The van der Waals surface area contributed by atoms with Gasteiger partial charge in [0.1, 0.15) is 0 Å². The minimum Gasteiger partial charge on any atom is -0.296 e. The molecule has 0 N–H and O–H groups in total. The molecule has 3 nitrogen and oxygen atoms in total. The lowest BCUT2D eigenvalue weighted by molar-refractivity contribution is 0.122. The zero-order valence-corrected chi connectivity index (χ0v) is 14.3. The second-order valence-corrected chi connectivity index (χ2v) is 7.59. The second kappa shape index (κ2) is 7.49. The molecule has 5 heteroatoms. The number of hydrogen-bond acceptors (Lipinski definition) is 5. The monoisotopic (exact) mass is 321 g/mol. The van der Waals surface area contributed by atoms with Gasteiger partial charge in [-0.3, -0.25) is 9.80 Å². The molecule has 0 bridgehead atoms. The van der Waals surface area contributed by atoms with Gasteiger partial charge in [-0.2, -0.15) is 0 Å². The standard InChI is InChI=1S/C16H23N3S2/c1-2-4-16-17-14(13-21-16)11-18-6-8-19(9-7-18)12-15-5-3-10-20-15/h3,5,10,13H,2,4,6-9,11-12H2,1H3. The SMILES string of the molecule is CCCc1nc(CN2CCN(Cc3cccs3)CC2)cs1. The number of aryl methyl sites for hydroxylation is 1.